The maximum absolute atomic E-state index is 2.56. The molecule has 0 spiro atoms. The zero-order chi connectivity index (χ0) is 79.1. The largest absolute Gasteiger partial charge is 0.311 e. The van der Waals surface area contributed by atoms with Crippen LogP contribution in [0.3, 0.4) is 0 Å². The lowest BCUT2D eigenvalue weighted by Crippen LogP contribution is -2.18. The van der Waals surface area contributed by atoms with Crippen LogP contribution in [-0.2, 0) is 10.8 Å². The van der Waals surface area contributed by atoms with Gasteiger partial charge in [-0.25, -0.2) is 0 Å². The molecule has 0 atom stereocenters. The average molecular weight is 1540 g/mol. The third kappa shape index (κ3) is 17.1. The van der Waals surface area contributed by atoms with Crippen LogP contribution >= 0.6 is 0 Å². The lowest BCUT2D eigenvalue weighted by atomic mass is 9.82. The summed E-state index contributed by atoms with van der Waals surface area (Å²) in [6, 6.07) is 99.0. The molecule has 9 aliphatic carbocycles. The lowest BCUT2D eigenvalue weighted by molar-refractivity contribution is 0.443. The summed E-state index contributed by atoms with van der Waals surface area (Å²) < 4.78 is 0. The highest BCUT2D eigenvalue weighted by Gasteiger charge is 2.39. The SMILES string of the molecule is CC1(C)c2ccccc2-c2ccc(N(c3ccc(C4CCCCC4)cc3)c3cccc(C4CCCCC4)c3)cc21.CC1(C)c2ccccc2-c2ccc(N(c3ccc(C4CCCCC4)cc3)c3ccccc3C3CCCCC3)cc21.c1cc(N(c2ccc(C3CCCCC3)cc2)c2ccc(C3CCCCC3)cc2)ccc1C1CCCCC1. The molecule has 0 bridgehead atoms. The Morgan fingerprint density at radius 1 is 0.188 bits per heavy atom. The predicted octanol–water partition coefficient (Wildman–Crippen LogP) is 34.4. The van der Waals surface area contributed by atoms with Crippen LogP contribution in [0.4, 0.5) is 51.2 Å². The van der Waals surface area contributed by atoms with E-state index in [1.54, 1.807) is 0 Å². The van der Waals surface area contributed by atoms with Crippen molar-refractivity contribution >= 4 is 51.2 Å². The maximum atomic E-state index is 2.56. The van der Waals surface area contributed by atoms with Crippen molar-refractivity contribution in [2.75, 3.05) is 14.7 Å². The highest BCUT2D eigenvalue weighted by Crippen LogP contribution is 2.55. The summed E-state index contributed by atoms with van der Waals surface area (Å²) in [5.41, 5.74) is 33.4. The smallest absolute Gasteiger partial charge is 0.0496 e. The summed E-state index contributed by atoms with van der Waals surface area (Å²) >= 11 is 0. The minimum Gasteiger partial charge on any atom is -0.311 e. The number of rotatable bonds is 16. The Kier molecular flexibility index (Phi) is 24.4. The second-order valence-corrected chi connectivity index (χ2v) is 38.3. The van der Waals surface area contributed by atoms with Gasteiger partial charge < -0.3 is 14.7 Å². The van der Waals surface area contributed by atoms with Crippen LogP contribution in [0.15, 0.2) is 255 Å². The van der Waals surface area contributed by atoms with Crippen LogP contribution in [0.2, 0.25) is 0 Å². The van der Waals surface area contributed by atoms with Crippen LogP contribution in [-0.4, -0.2) is 0 Å². The third-order valence-electron chi connectivity index (χ3n) is 30.2. The average Bonchev–Trinajstić information content (AvgIpc) is 1.58. The molecule has 0 radical (unpaired) electrons. The first kappa shape index (κ1) is 79.0. The zero-order valence-electron chi connectivity index (χ0n) is 71.4. The molecule has 11 aromatic rings. The Morgan fingerprint density at radius 3 is 0.795 bits per heavy atom. The first-order valence-corrected chi connectivity index (χ1v) is 47.1. The van der Waals surface area contributed by atoms with Crippen LogP contribution < -0.4 is 14.7 Å². The standard InChI is InChI=1S/2C39H43N.C36H45N/c1-39(2)36-19-11-9-18-34(36)35-26-25-32(27-37(35)39)40(31-23-21-29(22-24-31)28-13-5-3-6-14-28)38-20-12-10-17-33(38)30-15-7-4-8-16-30;1-39(2)37-19-10-9-18-35(37)36-25-24-34(27-38(36)39)40(32-22-20-30(21-23-32)28-12-5-3-6-13-28)33-17-11-16-31(26-33)29-14-7-4-8-15-29;1-4-10-28(11-5-1)31-16-22-34(23-17-31)37(35-24-18-32(19-25-35)29-12-6-2-7-13-29)36-26-20-33(21-27-36)30-14-8-3-9-15-30/h9-12,17-28,30H,3-8,13-16H2,1-2H3;9-11,16-29H,3-8,12-15H2,1-2H3;16-30H,1-15H2. The molecule has 0 heterocycles. The van der Waals surface area contributed by atoms with E-state index in [4.69, 9.17) is 0 Å². The van der Waals surface area contributed by atoms with Crippen molar-refractivity contribution in [2.45, 2.75) is 305 Å². The van der Waals surface area contributed by atoms with Crippen molar-refractivity contribution in [3.63, 3.8) is 0 Å². The molecule has 0 N–H and O–H groups in total. The molecule has 3 nitrogen and oxygen atoms in total. The van der Waals surface area contributed by atoms with Gasteiger partial charge in [-0.2, -0.15) is 0 Å². The fraction of sp³-hybridized carbons (Fsp3) is 0.421. The monoisotopic (exact) mass is 1540 g/mol. The first-order chi connectivity index (χ1) is 57.6. The number of hydrogen-bond acceptors (Lipinski definition) is 3. The van der Waals surface area contributed by atoms with E-state index in [0.717, 1.165) is 29.6 Å². The van der Waals surface area contributed by atoms with E-state index in [9.17, 15) is 0 Å². The van der Waals surface area contributed by atoms with Gasteiger partial charge in [0.1, 0.15) is 0 Å². The zero-order valence-corrected chi connectivity index (χ0v) is 71.4. The van der Waals surface area contributed by atoms with Crippen molar-refractivity contribution in [1.82, 2.24) is 0 Å². The van der Waals surface area contributed by atoms with Gasteiger partial charge in [0.25, 0.3) is 0 Å². The Labute approximate surface area is 704 Å². The van der Waals surface area contributed by atoms with E-state index < -0.39 is 0 Å². The second-order valence-electron chi connectivity index (χ2n) is 38.3. The van der Waals surface area contributed by atoms with Crippen molar-refractivity contribution in [1.29, 1.82) is 0 Å². The quantitative estimate of drug-likeness (QED) is 0.0955. The van der Waals surface area contributed by atoms with Gasteiger partial charge in [0.15, 0.2) is 0 Å². The van der Waals surface area contributed by atoms with E-state index in [2.05, 4.69) is 297 Å². The Balaban J connectivity index is 0.000000121. The highest BCUT2D eigenvalue weighted by atomic mass is 15.2. The van der Waals surface area contributed by atoms with E-state index >= 15 is 0 Å². The highest BCUT2D eigenvalue weighted by molar-refractivity contribution is 5.88. The summed E-state index contributed by atoms with van der Waals surface area (Å²) in [6.45, 7) is 9.55. The molecule has 20 rings (SSSR count). The number of anilines is 9. The molecular formula is C114H131N3. The Hall–Kier alpha value is -9.18. The van der Waals surface area contributed by atoms with Crippen molar-refractivity contribution in [2.24, 2.45) is 0 Å². The van der Waals surface area contributed by atoms with E-state index in [0.29, 0.717) is 11.8 Å². The fourth-order valence-corrected chi connectivity index (χ4v) is 23.4. The molecule has 602 valence electrons. The molecule has 0 amide bonds. The van der Waals surface area contributed by atoms with Gasteiger partial charge in [0, 0.05) is 62.0 Å². The third-order valence-corrected chi connectivity index (χ3v) is 30.2. The van der Waals surface area contributed by atoms with Gasteiger partial charge in [-0.3, -0.25) is 0 Å². The number of para-hydroxylation sites is 1. The van der Waals surface area contributed by atoms with Gasteiger partial charge in [0.05, 0.1) is 0 Å². The predicted molar refractivity (Wildman–Crippen MR) is 499 cm³/mol. The maximum Gasteiger partial charge on any atom is 0.0496 e. The summed E-state index contributed by atoms with van der Waals surface area (Å²) in [6.07, 6.45) is 47.8. The summed E-state index contributed by atoms with van der Waals surface area (Å²) in [5, 5.41) is 0. The van der Waals surface area contributed by atoms with Gasteiger partial charge in [-0.1, -0.05) is 314 Å². The van der Waals surface area contributed by atoms with Crippen molar-refractivity contribution < 1.29 is 0 Å². The molecule has 117 heavy (non-hydrogen) atoms. The Bertz CT molecular complexity index is 4930. The molecule has 0 aliphatic heterocycles. The first-order valence-electron chi connectivity index (χ1n) is 47.1. The van der Waals surface area contributed by atoms with Crippen molar-refractivity contribution in [3.8, 4) is 22.3 Å². The summed E-state index contributed by atoms with van der Waals surface area (Å²) in [7, 11) is 0. The lowest BCUT2D eigenvalue weighted by Gasteiger charge is -2.33. The number of benzene rings is 11. The van der Waals surface area contributed by atoms with E-state index in [1.165, 1.54) is 359 Å². The van der Waals surface area contributed by atoms with Crippen LogP contribution in [0.25, 0.3) is 22.3 Å². The topological polar surface area (TPSA) is 9.72 Å². The molecule has 9 aliphatic rings. The molecule has 0 aromatic heterocycles. The molecule has 7 fully saturated rings. The number of hydrogen-bond donors (Lipinski definition) is 0. The summed E-state index contributed by atoms with van der Waals surface area (Å²) in [5.74, 6) is 5.04. The van der Waals surface area contributed by atoms with Crippen molar-refractivity contribution in [3.05, 3.63) is 316 Å². The van der Waals surface area contributed by atoms with E-state index in [1.807, 2.05) is 0 Å². The molecule has 0 saturated heterocycles. The normalized spacial score (nSPS) is 19.2. The van der Waals surface area contributed by atoms with Gasteiger partial charge in [0.2, 0.25) is 0 Å². The van der Waals surface area contributed by atoms with Crippen LogP contribution in [0.5, 0.6) is 0 Å². The van der Waals surface area contributed by atoms with Gasteiger partial charge >= 0.3 is 0 Å². The van der Waals surface area contributed by atoms with Crippen LogP contribution in [0.1, 0.15) is 355 Å². The number of fused-ring (bicyclic) bond motifs is 6. The van der Waals surface area contributed by atoms with Gasteiger partial charge in [-0.15, -0.1) is 0 Å². The molecule has 3 heteroatoms. The minimum absolute atomic E-state index is 0.0115. The Morgan fingerprint density at radius 2 is 0.444 bits per heavy atom. The molecule has 11 aromatic carbocycles. The second kappa shape index (κ2) is 36.2. The molecular weight excluding hydrogens is 1410 g/mol. The molecule has 0 unspecified atom stereocenters. The van der Waals surface area contributed by atoms with E-state index in [-0.39, 0.29) is 10.8 Å². The van der Waals surface area contributed by atoms with Gasteiger partial charge in [-0.05, 0) is 318 Å². The minimum atomic E-state index is -0.0126. The summed E-state index contributed by atoms with van der Waals surface area (Å²) in [4.78, 5) is 7.55. The molecule has 7 saturated carbocycles. The van der Waals surface area contributed by atoms with Crippen LogP contribution in [0, 0.1) is 0 Å². The fourth-order valence-electron chi connectivity index (χ4n) is 23.4. The number of nitrogens with zero attached hydrogens (tertiary/aromatic N) is 3.